The molecule has 1 amide bonds. The van der Waals surface area contributed by atoms with E-state index in [9.17, 15) is 4.79 Å². The molecule has 0 spiro atoms. The Morgan fingerprint density at radius 3 is 2.70 bits per heavy atom. The lowest BCUT2D eigenvalue weighted by Gasteiger charge is -1.94. The average molecular weight is 141 g/mol. The van der Waals surface area contributed by atoms with E-state index in [-0.39, 0.29) is 11.9 Å². The van der Waals surface area contributed by atoms with Gasteiger partial charge in [0.15, 0.2) is 0 Å². The topological polar surface area (TPSA) is 63.4 Å². The maximum absolute atomic E-state index is 10.8. The second kappa shape index (κ2) is 2.79. The first-order valence-electron chi connectivity index (χ1n) is 3.24. The molecular formula is C6H11N3O. The minimum absolute atomic E-state index is 0.00287. The summed E-state index contributed by atoms with van der Waals surface area (Å²) in [5.41, 5.74) is 3.29. The smallest absolute Gasteiger partial charge is 0.258 e. The molecule has 0 aliphatic carbocycles. The van der Waals surface area contributed by atoms with Crippen molar-refractivity contribution in [3.63, 3.8) is 0 Å². The Hall–Kier alpha value is -0.900. The molecule has 0 aromatic carbocycles. The lowest BCUT2D eigenvalue weighted by Crippen LogP contribution is -2.25. The highest BCUT2D eigenvalue weighted by Crippen LogP contribution is 1.94. The van der Waals surface area contributed by atoms with Gasteiger partial charge in [0, 0.05) is 12.3 Å². The zero-order chi connectivity index (χ0) is 7.56. The van der Waals surface area contributed by atoms with Crippen LogP contribution in [-0.4, -0.2) is 24.2 Å². The standard InChI is InChI=1S/C6H11N3O/c1-4(2)8-9-6(10)5-3-7-5/h5,7H,3H2,1-2H3,(H,9,10). The van der Waals surface area contributed by atoms with Crippen LogP contribution in [0, 0.1) is 0 Å². The molecule has 0 aromatic heterocycles. The van der Waals surface area contributed by atoms with Gasteiger partial charge in [-0.1, -0.05) is 0 Å². The summed E-state index contributed by atoms with van der Waals surface area (Å²) < 4.78 is 0. The van der Waals surface area contributed by atoms with Crippen molar-refractivity contribution in [2.45, 2.75) is 19.9 Å². The van der Waals surface area contributed by atoms with Gasteiger partial charge in [0.05, 0.1) is 0 Å². The number of hydrazone groups is 1. The van der Waals surface area contributed by atoms with E-state index < -0.39 is 0 Å². The van der Waals surface area contributed by atoms with Crippen LogP contribution >= 0.6 is 0 Å². The Balaban J connectivity index is 2.24. The number of hydrogen-bond acceptors (Lipinski definition) is 3. The van der Waals surface area contributed by atoms with Crippen LogP contribution in [0.3, 0.4) is 0 Å². The Kier molecular flexibility index (Phi) is 2.01. The fourth-order valence-electron chi connectivity index (χ4n) is 0.489. The van der Waals surface area contributed by atoms with Crippen molar-refractivity contribution in [3.8, 4) is 0 Å². The number of carbonyl (C=O) groups is 1. The normalized spacial score (nSPS) is 21.6. The molecule has 56 valence electrons. The van der Waals surface area contributed by atoms with Crippen LogP contribution in [0.1, 0.15) is 13.8 Å². The molecule has 0 aromatic rings. The first-order chi connectivity index (χ1) is 4.70. The predicted molar refractivity (Wildman–Crippen MR) is 38.7 cm³/mol. The molecule has 4 nitrogen and oxygen atoms in total. The molecule has 1 saturated heterocycles. The van der Waals surface area contributed by atoms with Gasteiger partial charge in [0.1, 0.15) is 6.04 Å². The molecule has 1 atom stereocenters. The van der Waals surface area contributed by atoms with Gasteiger partial charge in [0.25, 0.3) is 5.91 Å². The maximum Gasteiger partial charge on any atom is 0.258 e. The third-order valence-corrected chi connectivity index (χ3v) is 1.11. The molecule has 1 aliphatic rings. The molecule has 1 aliphatic heterocycles. The number of carbonyl (C=O) groups excluding carboxylic acids is 1. The van der Waals surface area contributed by atoms with E-state index in [1.54, 1.807) is 0 Å². The number of nitrogens with one attached hydrogen (secondary N) is 2. The minimum Gasteiger partial charge on any atom is -0.303 e. The molecule has 0 radical (unpaired) electrons. The Bertz CT molecular complexity index is 168. The van der Waals surface area contributed by atoms with Crippen LogP contribution < -0.4 is 10.7 Å². The van der Waals surface area contributed by atoms with Crippen LogP contribution in [0.15, 0.2) is 5.10 Å². The van der Waals surface area contributed by atoms with Gasteiger partial charge in [-0.25, -0.2) is 5.43 Å². The van der Waals surface area contributed by atoms with Gasteiger partial charge < -0.3 is 5.32 Å². The third-order valence-electron chi connectivity index (χ3n) is 1.11. The molecule has 1 heterocycles. The lowest BCUT2D eigenvalue weighted by atomic mass is 10.4. The molecule has 2 N–H and O–H groups in total. The molecule has 4 heteroatoms. The molecule has 1 unspecified atom stereocenters. The van der Waals surface area contributed by atoms with E-state index in [0.29, 0.717) is 0 Å². The second-order valence-corrected chi connectivity index (χ2v) is 2.50. The van der Waals surface area contributed by atoms with Crippen molar-refractivity contribution in [2.75, 3.05) is 6.54 Å². The molecule has 1 fully saturated rings. The number of nitrogens with zero attached hydrogens (tertiary/aromatic N) is 1. The van der Waals surface area contributed by atoms with Crippen LogP contribution in [0.4, 0.5) is 0 Å². The summed E-state index contributed by atoms with van der Waals surface area (Å²) in [6, 6.07) is 0.00287. The van der Waals surface area contributed by atoms with E-state index in [1.807, 2.05) is 13.8 Å². The fourth-order valence-corrected chi connectivity index (χ4v) is 0.489. The largest absolute Gasteiger partial charge is 0.303 e. The summed E-state index contributed by atoms with van der Waals surface area (Å²) in [6.07, 6.45) is 0. The quantitative estimate of drug-likeness (QED) is 0.308. The summed E-state index contributed by atoms with van der Waals surface area (Å²) in [5.74, 6) is -0.0406. The van der Waals surface area contributed by atoms with Gasteiger partial charge in [-0.05, 0) is 13.8 Å². The van der Waals surface area contributed by atoms with Crippen molar-refractivity contribution in [1.82, 2.24) is 10.7 Å². The highest BCUT2D eigenvalue weighted by atomic mass is 16.2. The van der Waals surface area contributed by atoms with E-state index in [0.717, 1.165) is 12.3 Å². The molecule has 1 rings (SSSR count). The maximum atomic E-state index is 10.8. The number of hydrogen-bond donors (Lipinski definition) is 2. The summed E-state index contributed by atoms with van der Waals surface area (Å²) in [5, 5.41) is 6.64. The second-order valence-electron chi connectivity index (χ2n) is 2.50. The van der Waals surface area contributed by atoms with Gasteiger partial charge in [-0.2, -0.15) is 5.10 Å². The summed E-state index contributed by atoms with van der Waals surface area (Å²) >= 11 is 0. The summed E-state index contributed by atoms with van der Waals surface area (Å²) in [6.45, 7) is 4.45. The van der Waals surface area contributed by atoms with E-state index >= 15 is 0 Å². The SMILES string of the molecule is CC(C)=NNC(=O)C1CN1. The predicted octanol–water partition coefficient (Wildman–Crippen LogP) is -0.530. The molecule has 0 saturated carbocycles. The van der Waals surface area contributed by atoms with Gasteiger partial charge in [-0.15, -0.1) is 0 Å². The van der Waals surface area contributed by atoms with Crippen molar-refractivity contribution < 1.29 is 4.79 Å². The monoisotopic (exact) mass is 141 g/mol. The van der Waals surface area contributed by atoms with Gasteiger partial charge in [-0.3, -0.25) is 4.79 Å². The average Bonchev–Trinajstić information content (AvgIpc) is 2.63. The first-order valence-corrected chi connectivity index (χ1v) is 3.24. The zero-order valence-electron chi connectivity index (χ0n) is 6.14. The van der Waals surface area contributed by atoms with Crippen molar-refractivity contribution in [1.29, 1.82) is 0 Å². The molecule has 0 bridgehead atoms. The molecule has 10 heavy (non-hydrogen) atoms. The molecular weight excluding hydrogens is 130 g/mol. The Morgan fingerprint density at radius 2 is 2.30 bits per heavy atom. The highest BCUT2D eigenvalue weighted by molar-refractivity contribution is 5.86. The number of rotatable bonds is 2. The zero-order valence-corrected chi connectivity index (χ0v) is 6.14. The van der Waals surface area contributed by atoms with E-state index in [4.69, 9.17) is 0 Å². The summed E-state index contributed by atoms with van der Waals surface area (Å²) in [4.78, 5) is 10.8. The van der Waals surface area contributed by atoms with Gasteiger partial charge >= 0.3 is 0 Å². The Labute approximate surface area is 59.7 Å². The highest BCUT2D eigenvalue weighted by Gasteiger charge is 2.28. The van der Waals surface area contributed by atoms with E-state index in [1.165, 1.54) is 0 Å². The van der Waals surface area contributed by atoms with Crippen molar-refractivity contribution in [3.05, 3.63) is 0 Å². The van der Waals surface area contributed by atoms with Crippen LogP contribution in [0.2, 0.25) is 0 Å². The fraction of sp³-hybridized carbons (Fsp3) is 0.667. The minimum atomic E-state index is -0.0406. The van der Waals surface area contributed by atoms with Crippen LogP contribution in [0.25, 0.3) is 0 Å². The number of amides is 1. The summed E-state index contributed by atoms with van der Waals surface area (Å²) in [7, 11) is 0. The van der Waals surface area contributed by atoms with Crippen LogP contribution in [-0.2, 0) is 4.79 Å². The van der Waals surface area contributed by atoms with Crippen molar-refractivity contribution >= 4 is 11.6 Å². The van der Waals surface area contributed by atoms with Gasteiger partial charge in [0.2, 0.25) is 0 Å². The third kappa shape index (κ3) is 2.14. The van der Waals surface area contributed by atoms with E-state index in [2.05, 4.69) is 15.8 Å². The Morgan fingerprint density at radius 1 is 1.70 bits per heavy atom. The lowest BCUT2D eigenvalue weighted by molar-refractivity contribution is -0.120. The first kappa shape index (κ1) is 7.21. The van der Waals surface area contributed by atoms with Crippen LogP contribution in [0.5, 0.6) is 0 Å². The van der Waals surface area contributed by atoms with Crippen molar-refractivity contribution in [2.24, 2.45) is 5.10 Å².